The van der Waals surface area contributed by atoms with Crippen molar-refractivity contribution in [3.63, 3.8) is 0 Å². The molecule has 0 saturated carbocycles. The Morgan fingerprint density at radius 1 is 1.03 bits per heavy atom. The van der Waals surface area contributed by atoms with E-state index < -0.39 is 29.1 Å². The summed E-state index contributed by atoms with van der Waals surface area (Å²) in [6.45, 7) is 7.46. The first kappa shape index (κ1) is 22.9. The summed E-state index contributed by atoms with van der Waals surface area (Å²) < 4.78 is 5.78. The second kappa shape index (κ2) is 9.42. The Hall–Kier alpha value is -2.37. The first-order chi connectivity index (χ1) is 13.6. The number of carbonyl (C=O) groups excluding carboxylic acids is 1. The highest BCUT2D eigenvalue weighted by Crippen LogP contribution is 2.33. The standard InChI is InChI=1S/C23H28ClNO4/c1-14(2)20(21(26)23(25,15(3)4)22(27)28)17-7-11-19(12-8-17)29-13-16-5-9-18(24)10-6-16/h5-12,14-15,20H,13,25H2,1-4H3,(H,27,28)/t20?,23-/m0/s1. The van der Waals surface area contributed by atoms with Crippen molar-refractivity contribution in [1.29, 1.82) is 0 Å². The number of carboxylic acids is 1. The van der Waals surface area contributed by atoms with E-state index in [1.165, 1.54) is 0 Å². The van der Waals surface area contributed by atoms with Crippen molar-refractivity contribution in [2.75, 3.05) is 0 Å². The molecule has 3 N–H and O–H groups in total. The number of benzene rings is 2. The van der Waals surface area contributed by atoms with Gasteiger partial charge in [-0.1, -0.05) is 63.6 Å². The van der Waals surface area contributed by atoms with Gasteiger partial charge in [-0.15, -0.1) is 0 Å². The predicted molar refractivity (Wildman–Crippen MR) is 114 cm³/mol. The summed E-state index contributed by atoms with van der Waals surface area (Å²) in [5.41, 5.74) is 5.85. The number of nitrogens with two attached hydrogens (primary N) is 1. The van der Waals surface area contributed by atoms with Crippen LogP contribution in [0.3, 0.4) is 0 Å². The van der Waals surface area contributed by atoms with Crippen molar-refractivity contribution in [3.05, 3.63) is 64.7 Å². The zero-order valence-electron chi connectivity index (χ0n) is 17.2. The van der Waals surface area contributed by atoms with Gasteiger partial charge in [0.15, 0.2) is 11.3 Å². The minimum Gasteiger partial charge on any atom is -0.489 e. The summed E-state index contributed by atoms with van der Waals surface area (Å²) in [4.78, 5) is 24.9. The fraction of sp³-hybridized carbons (Fsp3) is 0.391. The van der Waals surface area contributed by atoms with Crippen LogP contribution in [0.25, 0.3) is 0 Å². The average Bonchev–Trinajstić information content (AvgIpc) is 2.67. The summed E-state index contributed by atoms with van der Waals surface area (Å²) in [6, 6.07) is 14.5. The van der Waals surface area contributed by atoms with Crippen molar-refractivity contribution in [2.45, 2.75) is 45.8 Å². The topological polar surface area (TPSA) is 89.6 Å². The van der Waals surface area contributed by atoms with Crippen molar-refractivity contribution in [3.8, 4) is 5.75 Å². The largest absolute Gasteiger partial charge is 0.489 e. The molecule has 0 spiro atoms. The zero-order valence-corrected chi connectivity index (χ0v) is 17.9. The van der Waals surface area contributed by atoms with Gasteiger partial charge >= 0.3 is 5.97 Å². The maximum Gasteiger partial charge on any atom is 0.331 e. The number of carbonyl (C=O) groups is 2. The molecule has 0 bridgehead atoms. The predicted octanol–water partition coefficient (Wildman–Crippen LogP) is 4.67. The molecule has 6 heteroatoms. The van der Waals surface area contributed by atoms with Crippen LogP contribution >= 0.6 is 11.6 Å². The summed E-state index contributed by atoms with van der Waals surface area (Å²) in [7, 11) is 0. The number of rotatable bonds is 9. The van der Waals surface area contributed by atoms with E-state index >= 15 is 0 Å². The molecule has 2 aromatic carbocycles. The maximum atomic E-state index is 13.2. The molecule has 156 valence electrons. The monoisotopic (exact) mass is 417 g/mol. The van der Waals surface area contributed by atoms with E-state index in [1.807, 2.05) is 26.0 Å². The van der Waals surface area contributed by atoms with E-state index in [0.717, 1.165) is 11.1 Å². The Bertz CT molecular complexity index is 846. The Morgan fingerprint density at radius 3 is 2.03 bits per heavy atom. The van der Waals surface area contributed by atoms with Crippen LogP contribution in [-0.2, 0) is 16.2 Å². The SMILES string of the molecule is CC(C)C(C(=O)[C@](N)(C(=O)O)C(C)C)c1ccc(OCc2ccc(Cl)cc2)cc1. The molecule has 0 aliphatic rings. The van der Waals surface area contributed by atoms with E-state index in [-0.39, 0.29) is 5.92 Å². The van der Waals surface area contributed by atoms with Gasteiger partial charge in [-0.2, -0.15) is 0 Å². The fourth-order valence-electron chi connectivity index (χ4n) is 3.25. The number of carboxylic acid groups (broad SMARTS) is 1. The number of Topliss-reactive ketones (excluding diaryl/α,β-unsaturated/α-hetero) is 1. The third-order valence-electron chi connectivity index (χ3n) is 5.18. The van der Waals surface area contributed by atoms with Gasteiger partial charge in [-0.3, -0.25) is 4.79 Å². The molecule has 2 rings (SSSR count). The van der Waals surface area contributed by atoms with Crippen LogP contribution in [0.2, 0.25) is 5.02 Å². The number of ether oxygens (including phenoxy) is 1. The van der Waals surface area contributed by atoms with E-state index in [9.17, 15) is 14.7 Å². The second-order valence-corrected chi connectivity index (χ2v) is 8.34. The minimum atomic E-state index is -1.93. The van der Waals surface area contributed by atoms with Crippen LogP contribution in [-0.4, -0.2) is 22.4 Å². The average molecular weight is 418 g/mol. The summed E-state index contributed by atoms with van der Waals surface area (Å²) in [5.74, 6) is -2.39. The fourth-order valence-corrected chi connectivity index (χ4v) is 3.38. The van der Waals surface area contributed by atoms with Gasteiger partial charge in [0, 0.05) is 10.9 Å². The molecule has 0 aliphatic carbocycles. The summed E-state index contributed by atoms with van der Waals surface area (Å²) in [5, 5.41) is 10.3. The summed E-state index contributed by atoms with van der Waals surface area (Å²) >= 11 is 5.88. The number of hydrogen-bond acceptors (Lipinski definition) is 4. The van der Waals surface area contributed by atoms with E-state index in [0.29, 0.717) is 17.4 Å². The molecule has 0 amide bonds. The molecule has 1 unspecified atom stereocenters. The highest BCUT2D eigenvalue weighted by atomic mass is 35.5. The molecular formula is C23H28ClNO4. The molecule has 0 fully saturated rings. The van der Waals surface area contributed by atoms with Crippen molar-refractivity contribution < 1.29 is 19.4 Å². The molecular weight excluding hydrogens is 390 g/mol. The lowest BCUT2D eigenvalue weighted by atomic mass is 9.72. The van der Waals surface area contributed by atoms with E-state index in [4.69, 9.17) is 22.1 Å². The van der Waals surface area contributed by atoms with Gasteiger partial charge < -0.3 is 15.6 Å². The molecule has 0 radical (unpaired) electrons. The highest BCUT2D eigenvalue weighted by Gasteiger charge is 2.48. The maximum absolute atomic E-state index is 13.2. The Morgan fingerprint density at radius 2 is 1.59 bits per heavy atom. The van der Waals surface area contributed by atoms with E-state index in [2.05, 4.69) is 0 Å². The highest BCUT2D eigenvalue weighted by molar-refractivity contribution is 6.30. The molecule has 2 aromatic rings. The van der Waals surface area contributed by atoms with Gasteiger partial charge in [0.05, 0.1) is 0 Å². The Kier molecular flexibility index (Phi) is 7.44. The van der Waals surface area contributed by atoms with Crippen LogP contribution < -0.4 is 10.5 Å². The number of halogens is 1. The number of hydrogen-bond donors (Lipinski definition) is 2. The normalized spacial score (nSPS) is 14.5. The smallest absolute Gasteiger partial charge is 0.331 e. The zero-order chi connectivity index (χ0) is 21.8. The quantitative estimate of drug-likeness (QED) is 0.579. The molecule has 2 atom stereocenters. The molecule has 29 heavy (non-hydrogen) atoms. The molecule has 0 saturated heterocycles. The van der Waals surface area contributed by atoms with Crippen LogP contribution in [0.4, 0.5) is 0 Å². The van der Waals surface area contributed by atoms with Gasteiger partial charge in [-0.05, 0) is 47.2 Å². The Labute approximate surface area is 176 Å². The third-order valence-corrected chi connectivity index (χ3v) is 5.43. The minimum absolute atomic E-state index is 0.107. The number of ketones is 1. The van der Waals surface area contributed by atoms with Crippen molar-refractivity contribution >= 4 is 23.4 Å². The van der Waals surface area contributed by atoms with Crippen LogP contribution in [0.15, 0.2) is 48.5 Å². The van der Waals surface area contributed by atoms with Crippen molar-refractivity contribution in [1.82, 2.24) is 0 Å². The lowest BCUT2D eigenvalue weighted by Crippen LogP contribution is -2.60. The molecule has 0 aliphatic heterocycles. The van der Waals surface area contributed by atoms with Gasteiger partial charge in [0.25, 0.3) is 0 Å². The van der Waals surface area contributed by atoms with Gasteiger partial charge in [-0.25, -0.2) is 4.79 Å². The van der Waals surface area contributed by atoms with Crippen LogP contribution in [0.5, 0.6) is 5.75 Å². The van der Waals surface area contributed by atoms with E-state index in [1.54, 1.807) is 50.2 Å². The summed E-state index contributed by atoms with van der Waals surface area (Å²) in [6.07, 6.45) is 0. The lowest BCUT2D eigenvalue weighted by molar-refractivity contribution is -0.151. The molecule has 0 heterocycles. The second-order valence-electron chi connectivity index (χ2n) is 7.90. The first-order valence-electron chi connectivity index (χ1n) is 9.61. The van der Waals surface area contributed by atoms with Crippen LogP contribution in [0, 0.1) is 11.8 Å². The first-order valence-corrected chi connectivity index (χ1v) is 9.99. The lowest BCUT2D eigenvalue weighted by Gasteiger charge is -2.33. The van der Waals surface area contributed by atoms with Gasteiger partial charge in [0.2, 0.25) is 0 Å². The van der Waals surface area contributed by atoms with Crippen molar-refractivity contribution in [2.24, 2.45) is 17.6 Å². The van der Waals surface area contributed by atoms with Gasteiger partial charge in [0.1, 0.15) is 12.4 Å². The molecule has 5 nitrogen and oxygen atoms in total. The molecule has 0 aromatic heterocycles. The number of aliphatic carboxylic acids is 1. The third kappa shape index (κ3) is 5.17. The van der Waals surface area contributed by atoms with Crippen LogP contribution in [0.1, 0.15) is 44.7 Å². The Balaban J connectivity index is 2.20.